The maximum Gasteiger partial charge on any atom is 0.358 e. The second kappa shape index (κ2) is 7.98. The minimum atomic E-state index is -0.884. The largest absolute Gasteiger partial charge is 0.461 e. The van der Waals surface area contributed by atoms with Crippen molar-refractivity contribution in [1.29, 1.82) is 0 Å². The number of esters is 1. The van der Waals surface area contributed by atoms with E-state index in [1.54, 1.807) is 23.8 Å². The molecular weight excluding hydrogens is 384 g/mol. The molecule has 1 amide bonds. The van der Waals surface area contributed by atoms with Crippen molar-refractivity contribution in [2.45, 2.75) is 25.8 Å². The molecule has 1 aliphatic rings. The Morgan fingerprint density at radius 2 is 2.07 bits per heavy atom. The molecule has 154 valence electrons. The minimum absolute atomic E-state index is 0.0467. The Bertz CT molecular complexity index is 1150. The van der Waals surface area contributed by atoms with E-state index in [4.69, 9.17) is 9.15 Å². The molecule has 3 heterocycles. The Balaban J connectivity index is 1.76. The Kier molecular flexibility index (Phi) is 5.22. The topological polar surface area (TPSA) is 98.7 Å². The average molecular weight is 406 g/mol. The number of carbonyl (C=O) groups is 2. The molecule has 8 nitrogen and oxygen atoms in total. The van der Waals surface area contributed by atoms with Gasteiger partial charge >= 0.3 is 11.7 Å². The van der Waals surface area contributed by atoms with E-state index in [0.29, 0.717) is 18.9 Å². The number of aromatic nitrogens is 2. The van der Waals surface area contributed by atoms with Gasteiger partial charge in [0, 0.05) is 18.3 Å². The van der Waals surface area contributed by atoms with Crippen molar-refractivity contribution >= 4 is 17.7 Å². The monoisotopic (exact) mass is 406 g/mol. The molecule has 1 aromatic carbocycles. The summed E-state index contributed by atoms with van der Waals surface area (Å²) in [6, 6.07) is 13.2. The highest BCUT2D eigenvalue weighted by Crippen LogP contribution is 2.35. The zero-order valence-electron chi connectivity index (χ0n) is 16.8. The molecule has 3 aromatic rings. The Morgan fingerprint density at radius 3 is 2.83 bits per heavy atom. The van der Waals surface area contributed by atoms with Crippen LogP contribution < -0.4 is 11.0 Å². The number of benzene rings is 1. The van der Waals surface area contributed by atoms with Crippen molar-refractivity contribution in [2.24, 2.45) is 4.99 Å². The van der Waals surface area contributed by atoms with Gasteiger partial charge in [-0.25, -0.2) is 9.78 Å². The van der Waals surface area contributed by atoms with Crippen molar-refractivity contribution in [3.8, 4) is 0 Å². The van der Waals surface area contributed by atoms with E-state index in [1.165, 1.54) is 6.26 Å². The van der Waals surface area contributed by atoms with Gasteiger partial charge in [0.15, 0.2) is 5.69 Å². The zero-order chi connectivity index (χ0) is 21.1. The number of fused-ring (bicyclic) bond motifs is 1. The normalized spacial score (nSPS) is 18.0. The molecule has 0 fully saturated rings. The number of oxazole rings is 1. The number of amides is 1. The number of nitrogens with zero attached hydrogens (tertiary/aromatic N) is 3. The van der Waals surface area contributed by atoms with Gasteiger partial charge in [-0.15, -0.1) is 0 Å². The van der Waals surface area contributed by atoms with Crippen molar-refractivity contribution in [2.75, 3.05) is 18.5 Å². The average Bonchev–Trinajstić information content (AvgIpc) is 3.31. The Labute approximate surface area is 173 Å². The van der Waals surface area contributed by atoms with Crippen molar-refractivity contribution in [1.82, 2.24) is 9.55 Å². The van der Waals surface area contributed by atoms with Crippen LogP contribution in [0.15, 0.2) is 64.3 Å². The van der Waals surface area contributed by atoms with Crippen LogP contribution in [0.3, 0.4) is 0 Å². The van der Waals surface area contributed by atoms with Gasteiger partial charge < -0.3 is 14.5 Å². The van der Waals surface area contributed by atoms with Crippen LogP contribution in [0, 0.1) is 0 Å². The molecule has 0 aliphatic carbocycles. The molecule has 1 aliphatic heterocycles. The fourth-order valence-electron chi connectivity index (χ4n) is 3.46. The van der Waals surface area contributed by atoms with E-state index >= 15 is 0 Å². The standard InChI is InChI=1S/C22H22N4O4/c1-3-29-19(27)17-13-30-21(26(17)12-15-8-5-4-6-9-15)25-20(28)22(2)14-24-18-16(22)10-7-11-23-18/h4-11,13H,3,12,14H2,1-2H3,(H,23,24). The van der Waals surface area contributed by atoms with Crippen LogP contribution in [0.2, 0.25) is 0 Å². The molecule has 0 saturated carbocycles. The molecule has 1 N–H and O–H groups in total. The van der Waals surface area contributed by atoms with E-state index in [0.717, 1.165) is 11.1 Å². The SMILES string of the molecule is CCOC(=O)c1coc(=NC(=O)C2(C)CNc3ncccc32)n1Cc1ccccc1. The quantitative estimate of drug-likeness (QED) is 0.654. The molecule has 30 heavy (non-hydrogen) atoms. The molecule has 8 heteroatoms. The van der Waals surface area contributed by atoms with Gasteiger partial charge in [0.05, 0.1) is 18.6 Å². The number of anilines is 1. The number of rotatable bonds is 5. The van der Waals surface area contributed by atoms with Crippen LogP contribution in [-0.4, -0.2) is 34.6 Å². The summed E-state index contributed by atoms with van der Waals surface area (Å²) in [5, 5.41) is 3.15. The van der Waals surface area contributed by atoms with Crippen molar-refractivity contribution < 1.29 is 18.7 Å². The van der Waals surface area contributed by atoms with E-state index in [2.05, 4.69) is 15.3 Å². The highest BCUT2D eigenvalue weighted by Gasteiger charge is 2.42. The number of nitrogens with one attached hydrogen (secondary N) is 1. The summed E-state index contributed by atoms with van der Waals surface area (Å²) >= 11 is 0. The first-order chi connectivity index (χ1) is 14.5. The van der Waals surface area contributed by atoms with Crippen molar-refractivity contribution in [3.63, 3.8) is 0 Å². The molecule has 1 unspecified atom stereocenters. The summed E-state index contributed by atoms with van der Waals surface area (Å²) in [5.41, 5.74) is 1.08. The molecule has 4 rings (SSSR count). The maximum absolute atomic E-state index is 13.2. The number of ether oxygens (including phenoxy) is 1. The predicted molar refractivity (Wildman–Crippen MR) is 109 cm³/mol. The third-order valence-electron chi connectivity index (χ3n) is 5.15. The Hall–Kier alpha value is -3.68. The first kappa shape index (κ1) is 19.6. The van der Waals surface area contributed by atoms with Crippen LogP contribution in [0.25, 0.3) is 0 Å². The number of pyridine rings is 1. The number of carbonyl (C=O) groups excluding carboxylic acids is 2. The van der Waals surface area contributed by atoms with Crippen LogP contribution in [0.5, 0.6) is 0 Å². The fraction of sp³-hybridized carbons (Fsp3) is 0.273. The molecule has 2 aromatic heterocycles. The summed E-state index contributed by atoms with van der Waals surface area (Å²) < 4.78 is 12.2. The molecule has 0 saturated heterocycles. The van der Waals surface area contributed by atoms with Crippen LogP contribution in [-0.2, 0) is 21.5 Å². The Morgan fingerprint density at radius 1 is 1.27 bits per heavy atom. The van der Waals surface area contributed by atoms with Crippen molar-refractivity contribution in [3.05, 3.63) is 77.4 Å². The van der Waals surface area contributed by atoms with Gasteiger partial charge in [0.1, 0.15) is 12.1 Å². The van der Waals surface area contributed by atoms with Crippen LogP contribution in [0.1, 0.15) is 35.5 Å². The van der Waals surface area contributed by atoms with E-state index in [-0.39, 0.29) is 23.9 Å². The number of hydrogen-bond acceptors (Lipinski definition) is 6. The van der Waals surface area contributed by atoms with Gasteiger partial charge in [-0.1, -0.05) is 36.4 Å². The summed E-state index contributed by atoms with van der Waals surface area (Å²) in [7, 11) is 0. The third kappa shape index (κ3) is 3.52. The highest BCUT2D eigenvalue weighted by molar-refractivity contribution is 5.92. The van der Waals surface area contributed by atoms with Gasteiger partial charge in [0.2, 0.25) is 0 Å². The van der Waals surface area contributed by atoms with E-state index in [1.807, 2.05) is 43.3 Å². The first-order valence-electron chi connectivity index (χ1n) is 9.71. The lowest BCUT2D eigenvalue weighted by atomic mass is 9.84. The lowest BCUT2D eigenvalue weighted by Crippen LogP contribution is -2.35. The first-order valence-corrected chi connectivity index (χ1v) is 9.71. The maximum atomic E-state index is 13.2. The second-order valence-corrected chi connectivity index (χ2v) is 7.20. The van der Waals surface area contributed by atoms with E-state index in [9.17, 15) is 9.59 Å². The smallest absolute Gasteiger partial charge is 0.358 e. The molecule has 0 spiro atoms. The van der Waals surface area contributed by atoms with Gasteiger partial charge in [-0.2, -0.15) is 4.99 Å². The molecule has 0 radical (unpaired) electrons. The van der Waals surface area contributed by atoms with Gasteiger partial charge in [-0.05, 0) is 25.5 Å². The van der Waals surface area contributed by atoms with E-state index < -0.39 is 11.4 Å². The van der Waals surface area contributed by atoms with Crippen LogP contribution >= 0.6 is 0 Å². The third-order valence-corrected chi connectivity index (χ3v) is 5.15. The molecule has 0 bridgehead atoms. The summed E-state index contributed by atoms with van der Waals surface area (Å²) in [5.74, 6) is -0.241. The lowest BCUT2D eigenvalue weighted by Gasteiger charge is -2.18. The summed E-state index contributed by atoms with van der Waals surface area (Å²) in [6.45, 7) is 4.47. The minimum Gasteiger partial charge on any atom is -0.461 e. The number of hydrogen-bond donors (Lipinski definition) is 1. The van der Waals surface area contributed by atoms with Gasteiger partial charge in [0.25, 0.3) is 5.91 Å². The molecular formula is C22H22N4O4. The van der Waals surface area contributed by atoms with Crippen LogP contribution in [0.4, 0.5) is 5.82 Å². The fourth-order valence-corrected chi connectivity index (χ4v) is 3.46. The predicted octanol–water partition coefficient (Wildman–Crippen LogP) is 2.51. The second-order valence-electron chi connectivity index (χ2n) is 7.20. The zero-order valence-corrected chi connectivity index (χ0v) is 16.8. The van der Waals surface area contributed by atoms with Gasteiger partial charge in [-0.3, -0.25) is 9.36 Å². The summed E-state index contributed by atoms with van der Waals surface area (Å²) in [6.07, 6.45) is 2.95. The lowest BCUT2D eigenvalue weighted by molar-refractivity contribution is -0.122. The molecule has 1 atom stereocenters. The summed E-state index contributed by atoms with van der Waals surface area (Å²) in [4.78, 5) is 34.1. The highest BCUT2D eigenvalue weighted by atomic mass is 16.5.